The Kier molecular flexibility index (Phi) is 4.87. The number of amides is 1. The van der Waals surface area contributed by atoms with E-state index in [0.717, 1.165) is 57.5 Å². The van der Waals surface area contributed by atoms with E-state index in [9.17, 15) is 4.79 Å². The molecular weight excluding hydrogens is 412 g/mol. The van der Waals surface area contributed by atoms with Crippen LogP contribution in [0, 0.1) is 0 Å². The van der Waals surface area contributed by atoms with Crippen molar-refractivity contribution in [1.82, 2.24) is 14.4 Å². The number of fused-ring (bicyclic) bond motifs is 5. The number of rotatable bonds is 4. The maximum Gasteiger partial charge on any atom is 0.237 e. The van der Waals surface area contributed by atoms with E-state index in [1.807, 2.05) is 10.6 Å². The number of likely N-dealkylation sites (tertiary alicyclic amines) is 1. The fourth-order valence-electron chi connectivity index (χ4n) is 5.82. The highest BCUT2D eigenvalue weighted by Crippen LogP contribution is 2.39. The van der Waals surface area contributed by atoms with Crippen LogP contribution in [0.1, 0.15) is 30.4 Å². The van der Waals surface area contributed by atoms with Gasteiger partial charge in [-0.15, -0.1) is 0 Å². The van der Waals surface area contributed by atoms with E-state index < -0.39 is 0 Å². The molecule has 1 aromatic heterocycles. The van der Waals surface area contributed by atoms with Gasteiger partial charge in [0, 0.05) is 73.9 Å². The normalized spacial score (nSPS) is 19.6. The number of hydrogen-bond donors (Lipinski definition) is 2. The fraction of sp³-hybridized carbons (Fsp3) is 0.385. The van der Waals surface area contributed by atoms with Crippen molar-refractivity contribution in [3.8, 4) is 0 Å². The molecule has 3 aliphatic heterocycles. The summed E-state index contributed by atoms with van der Waals surface area (Å²) in [5.41, 5.74) is 10.2. The Morgan fingerprint density at radius 1 is 1.06 bits per heavy atom. The first-order valence-electron chi connectivity index (χ1n) is 11.9. The van der Waals surface area contributed by atoms with Crippen molar-refractivity contribution in [3.05, 3.63) is 65.9 Å². The molecule has 0 unspecified atom stereocenters. The molecule has 33 heavy (non-hydrogen) atoms. The van der Waals surface area contributed by atoms with Crippen molar-refractivity contribution in [1.29, 1.82) is 0 Å². The average molecular weight is 443 g/mol. The number of nitrogens with zero attached hydrogens (tertiary/aromatic N) is 4. The van der Waals surface area contributed by atoms with Crippen LogP contribution >= 0.6 is 0 Å². The Hall–Kier alpha value is -3.32. The Balaban J connectivity index is 1.24. The van der Waals surface area contributed by atoms with Gasteiger partial charge in [-0.05, 0) is 30.2 Å². The van der Waals surface area contributed by atoms with Gasteiger partial charge < -0.3 is 20.5 Å². The second kappa shape index (κ2) is 7.92. The largest absolute Gasteiger partial charge is 0.368 e. The molecule has 7 nitrogen and oxygen atoms in total. The molecule has 0 aliphatic carbocycles. The van der Waals surface area contributed by atoms with Crippen LogP contribution in [-0.2, 0) is 17.9 Å². The maximum atomic E-state index is 11.6. The standard InChI is InChI=1S/C26H30N6O/c27-24(33)18-31-17-19(20-6-2-4-9-23(20)31)16-30-14-10-26(11-15-30)29-22-8-3-1-7-21(22)25-28-12-5-13-32(25)26/h1-4,6-9,17,29H,5,10-16,18H2,(H2,27,33). The van der Waals surface area contributed by atoms with Gasteiger partial charge in [0.1, 0.15) is 18.0 Å². The summed E-state index contributed by atoms with van der Waals surface area (Å²) in [6.45, 7) is 5.07. The zero-order chi connectivity index (χ0) is 22.4. The van der Waals surface area contributed by atoms with E-state index in [-0.39, 0.29) is 18.1 Å². The van der Waals surface area contributed by atoms with Gasteiger partial charge in [-0.2, -0.15) is 0 Å². The lowest BCUT2D eigenvalue weighted by atomic mass is 9.88. The predicted molar refractivity (Wildman–Crippen MR) is 131 cm³/mol. The Morgan fingerprint density at radius 2 is 1.85 bits per heavy atom. The molecular formula is C26H30N6O. The number of benzene rings is 2. The molecule has 1 fully saturated rings. The predicted octanol–water partition coefficient (Wildman–Crippen LogP) is 3.00. The van der Waals surface area contributed by atoms with Gasteiger partial charge in [-0.25, -0.2) is 0 Å². The van der Waals surface area contributed by atoms with E-state index in [4.69, 9.17) is 10.7 Å². The molecule has 2 aromatic carbocycles. The highest BCUT2D eigenvalue weighted by Gasteiger charge is 2.45. The molecule has 3 N–H and O–H groups in total. The zero-order valence-corrected chi connectivity index (χ0v) is 18.8. The van der Waals surface area contributed by atoms with Crippen molar-refractivity contribution in [2.75, 3.05) is 31.5 Å². The highest BCUT2D eigenvalue weighted by molar-refractivity contribution is 6.06. The van der Waals surface area contributed by atoms with Gasteiger partial charge in [0.05, 0.1) is 0 Å². The summed E-state index contributed by atoms with van der Waals surface area (Å²) in [4.78, 5) is 21.6. The van der Waals surface area contributed by atoms with Gasteiger partial charge in [0.2, 0.25) is 5.91 Å². The third-order valence-electron chi connectivity index (χ3n) is 7.38. The van der Waals surface area contributed by atoms with Crippen LogP contribution in [0.4, 0.5) is 5.69 Å². The van der Waals surface area contributed by atoms with Crippen molar-refractivity contribution in [2.24, 2.45) is 10.7 Å². The fourth-order valence-corrected chi connectivity index (χ4v) is 5.82. The van der Waals surface area contributed by atoms with Crippen LogP contribution in [0.15, 0.2) is 59.7 Å². The molecule has 1 amide bonds. The van der Waals surface area contributed by atoms with Crippen molar-refractivity contribution in [2.45, 2.75) is 38.0 Å². The van der Waals surface area contributed by atoms with Gasteiger partial charge in [-0.3, -0.25) is 14.7 Å². The number of piperidine rings is 1. The van der Waals surface area contributed by atoms with Crippen molar-refractivity contribution in [3.63, 3.8) is 0 Å². The van der Waals surface area contributed by atoms with Crippen molar-refractivity contribution >= 4 is 28.3 Å². The molecule has 0 radical (unpaired) electrons. The van der Waals surface area contributed by atoms with Crippen LogP contribution in [0.5, 0.6) is 0 Å². The summed E-state index contributed by atoms with van der Waals surface area (Å²) in [5.74, 6) is 0.850. The third-order valence-corrected chi connectivity index (χ3v) is 7.38. The molecule has 7 heteroatoms. The number of carbonyl (C=O) groups is 1. The molecule has 0 atom stereocenters. The minimum Gasteiger partial charge on any atom is -0.368 e. The Bertz CT molecular complexity index is 1240. The summed E-state index contributed by atoms with van der Waals surface area (Å²) in [7, 11) is 0. The second-order valence-corrected chi connectivity index (χ2v) is 9.45. The summed E-state index contributed by atoms with van der Waals surface area (Å²) in [6, 6.07) is 16.9. The summed E-state index contributed by atoms with van der Waals surface area (Å²) < 4.78 is 1.98. The average Bonchev–Trinajstić information content (AvgIpc) is 3.17. The molecule has 1 spiro atoms. The summed E-state index contributed by atoms with van der Waals surface area (Å²) in [6.07, 6.45) is 5.29. The number of aromatic nitrogens is 1. The Morgan fingerprint density at radius 3 is 2.70 bits per heavy atom. The first-order chi connectivity index (χ1) is 16.1. The number of anilines is 1. The summed E-state index contributed by atoms with van der Waals surface area (Å²) in [5, 5.41) is 5.12. The van der Waals surface area contributed by atoms with E-state index in [1.165, 1.54) is 28.0 Å². The maximum absolute atomic E-state index is 11.6. The molecule has 3 aromatic rings. The van der Waals surface area contributed by atoms with Crippen LogP contribution < -0.4 is 11.1 Å². The van der Waals surface area contributed by atoms with Gasteiger partial charge >= 0.3 is 0 Å². The van der Waals surface area contributed by atoms with Crippen LogP contribution in [0.3, 0.4) is 0 Å². The molecule has 170 valence electrons. The Labute approximate surface area is 193 Å². The molecule has 1 saturated heterocycles. The number of nitrogens with two attached hydrogens (primary N) is 1. The van der Waals surface area contributed by atoms with Gasteiger partial charge in [0.25, 0.3) is 0 Å². The van der Waals surface area contributed by atoms with Gasteiger partial charge in [-0.1, -0.05) is 30.3 Å². The molecule has 0 saturated carbocycles. The van der Waals surface area contributed by atoms with Crippen molar-refractivity contribution < 1.29 is 4.79 Å². The lowest BCUT2D eigenvalue weighted by molar-refractivity contribution is -0.118. The second-order valence-electron chi connectivity index (χ2n) is 9.45. The van der Waals surface area contributed by atoms with Gasteiger partial charge in [0.15, 0.2) is 0 Å². The molecule has 0 bridgehead atoms. The van der Waals surface area contributed by atoms with E-state index >= 15 is 0 Å². The molecule has 6 rings (SSSR count). The zero-order valence-electron chi connectivity index (χ0n) is 18.8. The number of nitrogens with one attached hydrogen (secondary N) is 1. The van der Waals surface area contributed by atoms with E-state index in [2.05, 4.69) is 63.8 Å². The SMILES string of the molecule is NC(=O)Cn1cc(CN2CCC3(CC2)Nc2ccccc2C2=NCCCN23)c2ccccc21. The van der Waals surface area contributed by atoms with E-state index in [1.54, 1.807) is 0 Å². The minimum absolute atomic E-state index is 0.0654. The number of aliphatic imine (C=N–C) groups is 1. The lowest BCUT2D eigenvalue weighted by Crippen LogP contribution is -2.65. The smallest absolute Gasteiger partial charge is 0.237 e. The first-order valence-corrected chi connectivity index (χ1v) is 11.9. The lowest BCUT2D eigenvalue weighted by Gasteiger charge is -2.54. The number of amidine groups is 1. The first kappa shape index (κ1) is 20.3. The number of hydrogen-bond acceptors (Lipinski definition) is 5. The highest BCUT2D eigenvalue weighted by atomic mass is 16.1. The molecule has 4 heterocycles. The minimum atomic E-state index is -0.315. The van der Waals surface area contributed by atoms with Crippen LogP contribution in [-0.4, -0.2) is 58.0 Å². The van der Waals surface area contributed by atoms with Crippen LogP contribution in [0.25, 0.3) is 10.9 Å². The van der Waals surface area contributed by atoms with E-state index in [0.29, 0.717) is 0 Å². The monoisotopic (exact) mass is 442 g/mol. The summed E-state index contributed by atoms with van der Waals surface area (Å²) >= 11 is 0. The molecule has 3 aliphatic rings. The number of primary amides is 1. The number of para-hydroxylation sites is 2. The van der Waals surface area contributed by atoms with Crippen LogP contribution in [0.2, 0.25) is 0 Å². The quantitative estimate of drug-likeness (QED) is 0.651. The topological polar surface area (TPSA) is 78.9 Å². The third kappa shape index (κ3) is 3.47. The number of carbonyl (C=O) groups excluding carboxylic acids is 1.